The van der Waals surface area contributed by atoms with Crippen LogP contribution >= 0.6 is 11.3 Å². The maximum Gasteiger partial charge on any atom is 0.273 e. The molecular formula is C19H30N2O2S. The van der Waals surface area contributed by atoms with Crippen LogP contribution in [0.3, 0.4) is 0 Å². The molecule has 1 saturated carbocycles. The smallest absolute Gasteiger partial charge is 0.273 e. The molecule has 24 heavy (non-hydrogen) atoms. The van der Waals surface area contributed by atoms with Gasteiger partial charge in [-0.3, -0.25) is 0 Å². The van der Waals surface area contributed by atoms with E-state index in [4.69, 9.17) is 14.5 Å². The molecule has 134 valence electrons. The Morgan fingerprint density at radius 1 is 1.08 bits per heavy atom. The molecular weight excluding hydrogens is 320 g/mol. The molecule has 5 heteroatoms. The molecule has 0 aromatic carbocycles. The minimum atomic E-state index is 0.573. The number of fused-ring (bicyclic) bond motifs is 1. The maximum atomic E-state index is 5.87. The van der Waals surface area contributed by atoms with Gasteiger partial charge in [0.2, 0.25) is 0 Å². The van der Waals surface area contributed by atoms with Crippen molar-refractivity contribution in [3.8, 4) is 5.19 Å². The molecule has 1 aromatic heterocycles. The molecule has 4 nitrogen and oxygen atoms in total. The lowest BCUT2D eigenvalue weighted by atomic mass is 9.87. The third kappa shape index (κ3) is 4.30. The molecule has 0 unspecified atom stereocenters. The Morgan fingerprint density at radius 2 is 1.92 bits per heavy atom. The molecule has 0 amide bonds. The van der Waals surface area contributed by atoms with Crippen molar-refractivity contribution in [2.45, 2.75) is 51.4 Å². The van der Waals surface area contributed by atoms with Gasteiger partial charge in [0.25, 0.3) is 5.19 Å². The molecule has 1 aliphatic carbocycles. The topological polar surface area (TPSA) is 34.6 Å². The second kappa shape index (κ2) is 8.15. The second-order valence-electron chi connectivity index (χ2n) is 7.70. The summed E-state index contributed by atoms with van der Waals surface area (Å²) in [5, 5.41) is 0.877. The van der Waals surface area contributed by atoms with Crippen molar-refractivity contribution >= 4 is 11.3 Å². The Hall–Kier alpha value is -0.650. The first kappa shape index (κ1) is 16.8. The van der Waals surface area contributed by atoms with Crippen molar-refractivity contribution in [3.05, 3.63) is 10.6 Å². The summed E-state index contributed by atoms with van der Waals surface area (Å²) in [6, 6.07) is 0. The van der Waals surface area contributed by atoms with Crippen LogP contribution in [0.1, 0.15) is 49.1 Å². The van der Waals surface area contributed by atoms with Gasteiger partial charge in [-0.1, -0.05) is 43.4 Å². The largest absolute Gasteiger partial charge is 0.470 e. The lowest BCUT2D eigenvalue weighted by Crippen LogP contribution is -2.32. The summed E-state index contributed by atoms with van der Waals surface area (Å²) in [4.78, 5) is 8.87. The van der Waals surface area contributed by atoms with Crippen molar-refractivity contribution in [2.24, 2.45) is 11.8 Å². The van der Waals surface area contributed by atoms with Crippen LogP contribution < -0.4 is 4.74 Å². The van der Waals surface area contributed by atoms with E-state index in [1.807, 2.05) is 0 Å². The van der Waals surface area contributed by atoms with Crippen LogP contribution in [-0.2, 0) is 17.6 Å². The minimum absolute atomic E-state index is 0.573. The number of rotatable bonds is 6. The predicted molar refractivity (Wildman–Crippen MR) is 97.0 cm³/mol. The van der Waals surface area contributed by atoms with E-state index >= 15 is 0 Å². The molecule has 2 fully saturated rings. The highest BCUT2D eigenvalue weighted by Gasteiger charge is 2.22. The van der Waals surface area contributed by atoms with Crippen LogP contribution in [0.4, 0.5) is 0 Å². The summed E-state index contributed by atoms with van der Waals surface area (Å²) in [6.07, 6.45) is 11.0. The van der Waals surface area contributed by atoms with Crippen LogP contribution in [0.5, 0.6) is 5.19 Å². The number of ether oxygens (including phenoxy) is 2. The number of hydrogen-bond acceptors (Lipinski definition) is 5. The number of nitrogens with zero attached hydrogens (tertiary/aromatic N) is 2. The van der Waals surface area contributed by atoms with Crippen molar-refractivity contribution in [2.75, 3.05) is 39.5 Å². The SMILES string of the molecule is C1CCC(CCN2CCc3nc(OCC4COC4)sc3CC2)CC1. The van der Waals surface area contributed by atoms with E-state index in [2.05, 4.69) is 4.90 Å². The molecule has 0 spiro atoms. The van der Waals surface area contributed by atoms with Crippen molar-refractivity contribution in [1.29, 1.82) is 0 Å². The lowest BCUT2D eigenvalue weighted by Gasteiger charge is -2.26. The molecule has 3 heterocycles. The van der Waals surface area contributed by atoms with Crippen LogP contribution in [0.15, 0.2) is 0 Å². The summed E-state index contributed by atoms with van der Waals surface area (Å²) >= 11 is 1.77. The molecule has 1 saturated heterocycles. The van der Waals surface area contributed by atoms with Crippen LogP contribution in [0.2, 0.25) is 0 Å². The maximum absolute atomic E-state index is 5.87. The monoisotopic (exact) mass is 350 g/mol. The summed E-state index contributed by atoms with van der Waals surface area (Å²) in [5.41, 5.74) is 1.29. The lowest BCUT2D eigenvalue weighted by molar-refractivity contribution is -0.0508. The molecule has 0 N–H and O–H groups in total. The third-order valence-corrected chi connectivity index (χ3v) is 6.88. The normalized spacial score (nSPS) is 23.5. The molecule has 4 rings (SSSR count). The van der Waals surface area contributed by atoms with E-state index in [1.54, 1.807) is 11.3 Å². The number of aromatic nitrogens is 1. The Kier molecular flexibility index (Phi) is 5.71. The van der Waals surface area contributed by atoms with Crippen molar-refractivity contribution in [1.82, 2.24) is 9.88 Å². The molecule has 0 atom stereocenters. The zero-order chi connectivity index (χ0) is 16.2. The zero-order valence-corrected chi connectivity index (χ0v) is 15.5. The summed E-state index contributed by atoms with van der Waals surface area (Å²) in [7, 11) is 0. The fraction of sp³-hybridized carbons (Fsp3) is 0.842. The van der Waals surface area contributed by atoms with Gasteiger partial charge in [0.15, 0.2) is 0 Å². The van der Waals surface area contributed by atoms with E-state index in [-0.39, 0.29) is 0 Å². The first-order valence-electron chi connectivity index (χ1n) is 9.78. The standard InChI is InChI=1S/C19H30N2O2S/c1-2-4-15(5-3-1)6-9-21-10-7-17-18(8-11-21)24-19(20-17)23-14-16-12-22-13-16/h15-16H,1-14H2. The number of hydrogen-bond donors (Lipinski definition) is 0. The minimum Gasteiger partial charge on any atom is -0.470 e. The van der Waals surface area contributed by atoms with Gasteiger partial charge in [-0.2, -0.15) is 0 Å². The summed E-state index contributed by atoms with van der Waals surface area (Å²) < 4.78 is 11.1. The van der Waals surface area contributed by atoms with Gasteiger partial charge >= 0.3 is 0 Å². The fourth-order valence-corrected chi connectivity index (χ4v) is 5.03. The third-order valence-electron chi connectivity index (χ3n) is 5.81. The molecule has 1 aromatic rings. The van der Waals surface area contributed by atoms with E-state index in [9.17, 15) is 0 Å². The van der Waals surface area contributed by atoms with Gasteiger partial charge in [-0.15, -0.1) is 0 Å². The highest BCUT2D eigenvalue weighted by atomic mass is 32.1. The first-order chi connectivity index (χ1) is 11.9. The Labute approximate surface area is 149 Å². The average Bonchev–Trinajstić information content (AvgIpc) is 2.86. The van der Waals surface area contributed by atoms with Crippen molar-refractivity contribution < 1.29 is 9.47 Å². The molecule has 3 aliphatic rings. The quantitative estimate of drug-likeness (QED) is 0.786. The van der Waals surface area contributed by atoms with Gasteiger partial charge in [0, 0.05) is 30.3 Å². The molecule has 0 bridgehead atoms. The van der Waals surface area contributed by atoms with E-state index in [0.717, 1.165) is 43.8 Å². The predicted octanol–water partition coefficient (Wildman–Crippen LogP) is 3.54. The van der Waals surface area contributed by atoms with Gasteiger partial charge in [-0.05, 0) is 25.3 Å². The highest BCUT2D eigenvalue weighted by Crippen LogP contribution is 2.30. The summed E-state index contributed by atoms with van der Waals surface area (Å²) in [6.45, 7) is 6.10. The van der Waals surface area contributed by atoms with E-state index < -0.39 is 0 Å². The van der Waals surface area contributed by atoms with Crippen molar-refractivity contribution in [3.63, 3.8) is 0 Å². The summed E-state index contributed by atoms with van der Waals surface area (Å²) in [5.74, 6) is 1.56. The molecule has 2 aliphatic heterocycles. The second-order valence-corrected chi connectivity index (χ2v) is 8.74. The first-order valence-corrected chi connectivity index (χ1v) is 10.6. The van der Waals surface area contributed by atoms with Crippen LogP contribution in [0, 0.1) is 11.8 Å². The Bertz CT molecular complexity index is 498. The van der Waals surface area contributed by atoms with Gasteiger partial charge in [-0.25, -0.2) is 4.98 Å². The van der Waals surface area contributed by atoms with Crippen LogP contribution in [-0.4, -0.2) is 49.3 Å². The zero-order valence-electron chi connectivity index (χ0n) is 14.7. The van der Waals surface area contributed by atoms with E-state index in [1.165, 1.54) is 68.7 Å². The average molecular weight is 351 g/mol. The van der Waals surface area contributed by atoms with Gasteiger partial charge < -0.3 is 14.4 Å². The molecule has 0 radical (unpaired) electrons. The highest BCUT2D eigenvalue weighted by molar-refractivity contribution is 7.13. The van der Waals surface area contributed by atoms with Gasteiger partial charge in [0.05, 0.1) is 25.5 Å². The Balaban J connectivity index is 1.23. The van der Waals surface area contributed by atoms with E-state index in [0.29, 0.717) is 5.92 Å². The fourth-order valence-electron chi connectivity index (χ4n) is 4.08. The Morgan fingerprint density at radius 3 is 2.71 bits per heavy atom. The van der Waals surface area contributed by atoms with Crippen LogP contribution in [0.25, 0.3) is 0 Å². The van der Waals surface area contributed by atoms with Gasteiger partial charge in [0.1, 0.15) is 0 Å². The number of thiazole rings is 1.